The van der Waals surface area contributed by atoms with Crippen molar-refractivity contribution in [3.05, 3.63) is 77.3 Å². The summed E-state index contributed by atoms with van der Waals surface area (Å²) in [6.45, 7) is 0. The molecule has 1 aliphatic rings. The van der Waals surface area contributed by atoms with Gasteiger partial charge in [0.15, 0.2) is 0 Å². The highest BCUT2D eigenvalue weighted by Crippen LogP contribution is 2.29. The molecule has 2 aromatic rings. The maximum absolute atomic E-state index is 10.3. The van der Waals surface area contributed by atoms with Crippen molar-refractivity contribution in [2.75, 3.05) is 0 Å². The van der Waals surface area contributed by atoms with Crippen LogP contribution >= 0.6 is 19.6 Å². The van der Waals surface area contributed by atoms with Crippen LogP contribution in [-0.4, -0.2) is 4.89 Å². The molecule has 1 atom stereocenters. The van der Waals surface area contributed by atoms with Gasteiger partial charge in [0.2, 0.25) is 5.30 Å². The van der Waals surface area contributed by atoms with Crippen LogP contribution in [0.5, 0.6) is 0 Å². The number of allylic oxidation sites excluding steroid dienone is 2. The van der Waals surface area contributed by atoms with E-state index < -0.39 is 8.03 Å². The van der Waals surface area contributed by atoms with Gasteiger partial charge in [-0.25, -0.2) is 0 Å². The molecule has 1 unspecified atom stereocenters. The lowest BCUT2D eigenvalue weighted by Crippen LogP contribution is -1.91. The highest BCUT2D eigenvalue weighted by Gasteiger charge is 2.13. The zero-order chi connectivity index (χ0) is 13.7. The first-order valence-corrected chi connectivity index (χ1v) is 7.41. The van der Waals surface area contributed by atoms with Gasteiger partial charge < -0.3 is 0 Å². The smallest absolute Gasteiger partial charge is 0.156 e. The fourth-order valence-electron chi connectivity index (χ4n) is 1.52. The summed E-state index contributed by atoms with van der Waals surface area (Å²) in [5.41, 5.74) is 1.34. The Labute approximate surface area is 118 Å². The molecular weight excluding hydrogens is 279 g/mol. The molecule has 0 aliphatic heterocycles. The van der Waals surface area contributed by atoms with Gasteiger partial charge in [-0.3, -0.25) is 0 Å². The molecule has 0 saturated carbocycles. The first-order chi connectivity index (χ1) is 9.16. The molecule has 2 aromatic carbocycles. The molecule has 19 heavy (non-hydrogen) atoms. The van der Waals surface area contributed by atoms with Crippen molar-refractivity contribution in [3.8, 4) is 0 Å². The predicted molar refractivity (Wildman–Crippen MR) is 79.2 cm³/mol. The van der Waals surface area contributed by atoms with Crippen LogP contribution in [0.25, 0.3) is 0 Å². The Bertz CT molecular complexity index is 573. The van der Waals surface area contributed by atoms with Crippen LogP contribution in [0.4, 0.5) is 0 Å². The summed E-state index contributed by atoms with van der Waals surface area (Å²) in [5, 5.41) is 1.29. The fraction of sp³-hybridized carbons (Fsp3) is 0.0667. The first kappa shape index (κ1) is 14.0. The number of hydrogen-bond donors (Lipinski definition) is 1. The van der Waals surface area contributed by atoms with Gasteiger partial charge in [0, 0.05) is 10.9 Å². The van der Waals surface area contributed by atoms with E-state index in [1.54, 1.807) is 24.3 Å². The number of halogens is 1. The number of hydrogen-bond acceptors (Lipinski definition) is 1. The monoisotopic (exact) mass is 291 g/mol. The van der Waals surface area contributed by atoms with Crippen molar-refractivity contribution in [1.82, 2.24) is 0 Å². The van der Waals surface area contributed by atoms with Crippen molar-refractivity contribution in [2.45, 2.75) is 5.92 Å². The summed E-state index contributed by atoms with van der Waals surface area (Å²) in [5.74, 6) is 0.595. The van der Waals surface area contributed by atoms with E-state index in [1.807, 2.05) is 18.2 Å². The Morgan fingerprint density at radius 2 is 1.53 bits per heavy atom. The Hall–Kier alpha value is -1.47. The van der Waals surface area contributed by atoms with Crippen molar-refractivity contribution in [2.24, 2.45) is 0 Å². The van der Waals surface area contributed by atoms with Gasteiger partial charge in [-0.2, -0.15) is 4.89 Å². The quantitative estimate of drug-likeness (QED) is 0.670. The van der Waals surface area contributed by atoms with E-state index in [2.05, 4.69) is 24.3 Å². The Kier molecular flexibility index (Phi) is 4.86. The SMILES string of the molecule is Clc1ccc(C2C=C2)cc1.O=[P+](O)c1ccccc1. The fourth-order valence-corrected chi connectivity index (χ4v) is 2.07. The maximum atomic E-state index is 10.3. The van der Waals surface area contributed by atoms with E-state index in [0.717, 1.165) is 5.02 Å². The van der Waals surface area contributed by atoms with Gasteiger partial charge in [0.25, 0.3) is 0 Å². The Balaban J connectivity index is 0.000000141. The van der Waals surface area contributed by atoms with Gasteiger partial charge in [-0.1, -0.05) is 54.1 Å². The molecule has 0 heterocycles. The van der Waals surface area contributed by atoms with E-state index in [4.69, 9.17) is 16.5 Å². The molecule has 0 saturated heterocycles. The summed E-state index contributed by atoms with van der Waals surface area (Å²) in [6.07, 6.45) is 4.34. The zero-order valence-corrected chi connectivity index (χ0v) is 11.8. The van der Waals surface area contributed by atoms with Gasteiger partial charge in [0.1, 0.15) is 0 Å². The third kappa shape index (κ3) is 4.60. The molecular formula is C15H13ClO2P+. The molecule has 3 rings (SSSR count). The lowest BCUT2D eigenvalue weighted by atomic mass is 10.1. The predicted octanol–water partition coefficient (Wildman–Crippen LogP) is 4.04. The molecule has 4 heteroatoms. The molecule has 0 spiro atoms. The lowest BCUT2D eigenvalue weighted by molar-refractivity contribution is 0.513. The van der Waals surface area contributed by atoms with Crippen LogP contribution in [0, 0.1) is 0 Å². The first-order valence-electron chi connectivity index (χ1n) is 5.82. The van der Waals surface area contributed by atoms with E-state index >= 15 is 0 Å². The molecule has 0 radical (unpaired) electrons. The van der Waals surface area contributed by atoms with E-state index in [-0.39, 0.29) is 0 Å². The molecule has 0 bridgehead atoms. The molecule has 1 aliphatic carbocycles. The third-order valence-corrected chi connectivity index (χ3v) is 3.61. The Morgan fingerprint density at radius 3 is 1.95 bits per heavy atom. The number of benzene rings is 2. The largest absolute Gasteiger partial charge is 0.546 e. The molecule has 96 valence electrons. The topological polar surface area (TPSA) is 37.3 Å². The number of rotatable bonds is 2. The van der Waals surface area contributed by atoms with Gasteiger partial charge >= 0.3 is 8.03 Å². The highest BCUT2D eigenvalue weighted by molar-refractivity contribution is 7.47. The van der Waals surface area contributed by atoms with E-state index in [1.165, 1.54) is 5.56 Å². The maximum Gasteiger partial charge on any atom is 0.546 e. The minimum absolute atomic E-state index is 0.479. The normalized spacial score (nSPS) is 13.5. The average molecular weight is 292 g/mol. The summed E-state index contributed by atoms with van der Waals surface area (Å²) < 4.78 is 10.3. The van der Waals surface area contributed by atoms with Crippen LogP contribution in [0.3, 0.4) is 0 Å². The van der Waals surface area contributed by atoms with E-state index in [9.17, 15) is 4.57 Å². The summed E-state index contributed by atoms with van der Waals surface area (Å²) >= 11 is 5.72. The van der Waals surface area contributed by atoms with Crippen LogP contribution < -0.4 is 5.30 Å². The summed E-state index contributed by atoms with van der Waals surface area (Å²) in [4.78, 5) is 8.53. The van der Waals surface area contributed by atoms with Crippen molar-refractivity contribution < 1.29 is 9.46 Å². The van der Waals surface area contributed by atoms with Crippen molar-refractivity contribution in [3.63, 3.8) is 0 Å². The average Bonchev–Trinajstić information content (AvgIpc) is 3.26. The molecule has 2 nitrogen and oxygen atoms in total. The molecule has 0 amide bonds. The second kappa shape index (κ2) is 6.63. The lowest BCUT2D eigenvalue weighted by Gasteiger charge is -1.95. The van der Waals surface area contributed by atoms with E-state index in [0.29, 0.717) is 11.2 Å². The van der Waals surface area contributed by atoms with Crippen molar-refractivity contribution in [1.29, 1.82) is 0 Å². The summed E-state index contributed by atoms with van der Waals surface area (Å²) in [6, 6.07) is 16.5. The van der Waals surface area contributed by atoms with Crippen LogP contribution in [0.2, 0.25) is 5.02 Å². The van der Waals surface area contributed by atoms with Crippen LogP contribution in [-0.2, 0) is 4.57 Å². The van der Waals surface area contributed by atoms with Crippen LogP contribution in [0.15, 0.2) is 66.7 Å². The van der Waals surface area contributed by atoms with Gasteiger partial charge in [0.05, 0.1) is 0 Å². The summed E-state index contributed by atoms with van der Waals surface area (Å²) in [7, 11) is -2.15. The van der Waals surface area contributed by atoms with Gasteiger partial charge in [-0.05, 0) is 34.4 Å². The standard InChI is InChI=1S/C9H7Cl.C6H5O2P/c10-9-5-3-8(4-6-9)7-1-2-7;7-9(8)6-4-2-1-3-5-6/h1-7H;1-5H/p+1. The minimum atomic E-state index is -2.15. The second-order valence-electron chi connectivity index (χ2n) is 4.07. The third-order valence-electron chi connectivity index (χ3n) is 2.62. The molecule has 0 aromatic heterocycles. The molecule has 1 N–H and O–H groups in total. The second-order valence-corrected chi connectivity index (χ2v) is 5.57. The zero-order valence-electron chi connectivity index (χ0n) is 10.1. The highest BCUT2D eigenvalue weighted by atomic mass is 35.5. The Morgan fingerprint density at radius 1 is 0.947 bits per heavy atom. The minimum Gasteiger partial charge on any atom is -0.156 e. The van der Waals surface area contributed by atoms with Gasteiger partial charge in [-0.15, -0.1) is 0 Å². The molecule has 0 fully saturated rings. The van der Waals surface area contributed by atoms with Crippen molar-refractivity contribution >= 4 is 24.9 Å². The van der Waals surface area contributed by atoms with Crippen LogP contribution in [0.1, 0.15) is 11.5 Å².